The Kier molecular flexibility index (Phi) is 4.95. The summed E-state index contributed by atoms with van der Waals surface area (Å²) in [6.45, 7) is 1.50. The highest BCUT2D eigenvalue weighted by Gasteiger charge is 2.35. The number of nitrogens with one attached hydrogen (secondary N) is 1. The first kappa shape index (κ1) is 19.6. The summed E-state index contributed by atoms with van der Waals surface area (Å²) in [6, 6.07) is 8.08. The Hall–Kier alpha value is -3.19. The molecule has 2 aromatic rings. The third-order valence-corrected chi connectivity index (χ3v) is 4.82. The molecule has 1 aliphatic carbocycles. The van der Waals surface area contributed by atoms with Crippen molar-refractivity contribution in [3.05, 3.63) is 58.1 Å². The summed E-state index contributed by atoms with van der Waals surface area (Å²) in [5.74, 6) is -1.41. The normalized spacial score (nSPS) is 13.1. The quantitative estimate of drug-likeness (QED) is 0.341. The van der Waals surface area contributed by atoms with Crippen LogP contribution in [0.3, 0.4) is 0 Å². The zero-order valence-electron chi connectivity index (χ0n) is 16.3. The van der Waals surface area contributed by atoms with Gasteiger partial charge in [-0.3, -0.25) is 14.4 Å². The maximum absolute atomic E-state index is 13.1. The minimum atomic E-state index is -0.742. The number of benzene rings is 2. The number of ketones is 2. The number of quaternary nitrogens is 1. The summed E-state index contributed by atoms with van der Waals surface area (Å²) < 4.78 is 0.804. The highest BCUT2D eigenvalue weighted by Crippen LogP contribution is 2.37. The van der Waals surface area contributed by atoms with Crippen LogP contribution in [0.15, 0.2) is 30.3 Å². The van der Waals surface area contributed by atoms with Crippen LogP contribution in [-0.2, 0) is 0 Å². The summed E-state index contributed by atoms with van der Waals surface area (Å²) >= 11 is 0. The molecule has 0 aromatic heterocycles. The van der Waals surface area contributed by atoms with Gasteiger partial charge in [0.1, 0.15) is 0 Å². The third kappa shape index (κ3) is 3.48. The fourth-order valence-corrected chi connectivity index (χ4v) is 3.44. The average Bonchev–Trinajstić information content (AvgIpc) is 2.62. The van der Waals surface area contributed by atoms with E-state index in [4.69, 9.17) is 11.5 Å². The predicted octanol–water partition coefficient (Wildman–Crippen LogP) is 1.65. The molecule has 0 spiro atoms. The maximum atomic E-state index is 13.1. The van der Waals surface area contributed by atoms with E-state index in [9.17, 15) is 14.4 Å². The fraction of sp³-hybridized carbons (Fsp3) is 0.286. The Labute approximate surface area is 163 Å². The Balaban J connectivity index is 2.08. The third-order valence-electron chi connectivity index (χ3n) is 4.82. The van der Waals surface area contributed by atoms with Crippen molar-refractivity contribution in [2.45, 2.75) is 6.42 Å². The van der Waals surface area contributed by atoms with E-state index in [1.165, 1.54) is 6.07 Å². The smallest absolute Gasteiger partial charge is 0.250 e. The van der Waals surface area contributed by atoms with Crippen LogP contribution >= 0.6 is 0 Å². The molecule has 0 bridgehead atoms. The molecule has 7 nitrogen and oxygen atoms in total. The summed E-state index contributed by atoms with van der Waals surface area (Å²) in [6.07, 6.45) is 0.841. The number of rotatable bonds is 6. The van der Waals surface area contributed by atoms with Crippen molar-refractivity contribution >= 4 is 28.8 Å². The van der Waals surface area contributed by atoms with Crippen molar-refractivity contribution < 1.29 is 18.9 Å². The summed E-state index contributed by atoms with van der Waals surface area (Å²) in [5.41, 5.74) is 12.8. The van der Waals surface area contributed by atoms with Gasteiger partial charge in [0, 0.05) is 29.8 Å². The number of hydrogen-bond donors (Lipinski definition) is 3. The van der Waals surface area contributed by atoms with Crippen LogP contribution in [0, 0.1) is 0 Å². The van der Waals surface area contributed by atoms with Crippen LogP contribution in [0.2, 0.25) is 0 Å². The Morgan fingerprint density at radius 3 is 2.14 bits per heavy atom. The lowest BCUT2D eigenvalue weighted by atomic mass is 9.81. The van der Waals surface area contributed by atoms with Crippen molar-refractivity contribution in [1.29, 1.82) is 0 Å². The van der Waals surface area contributed by atoms with Gasteiger partial charge in [0.25, 0.3) is 5.91 Å². The number of carbonyl (C=O) groups excluding carboxylic acids is 3. The SMILES string of the molecule is C[N+](C)(C)CCCNc1cc(C(N)=O)c(N)c2c1C(=O)c1ccccc1C2=O. The van der Waals surface area contributed by atoms with Gasteiger partial charge in [-0.15, -0.1) is 0 Å². The lowest BCUT2D eigenvalue weighted by Crippen LogP contribution is -2.36. The second-order valence-corrected chi connectivity index (χ2v) is 8.00. The van der Waals surface area contributed by atoms with E-state index in [2.05, 4.69) is 26.5 Å². The summed E-state index contributed by atoms with van der Waals surface area (Å²) in [7, 11) is 6.28. The van der Waals surface area contributed by atoms with Crippen molar-refractivity contribution in [3.63, 3.8) is 0 Å². The zero-order chi connectivity index (χ0) is 20.6. The maximum Gasteiger partial charge on any atom is 0.250 e. The Bertz CT molecular complexity index is 990. The van der Waals surface area contributed by atoms with Gasteiger partial charge in [-0.1, -0.05) is 24.3 Å². The molecule has 2 aromatic carbocycles. The first-order valence-electron chi connectivity index (χ1n) is 9.11. The molecule has 3 rings (SSSR count). The van der Waals surface area contributed by atoms with E-state index < -0.39 is 5.91 Å². The number of nitrogens with zero attached hydrogens (tertiary/aromatic N) is 1. The van der Waals surface area contributed by atoms with Crippen molar-refractivity contribution in [2.24, 2.45) is 5.73 Å². The summed E-state index contributed by atoms with van der Waals surface area (Å²) in [4.78, 5) is 38.1. The lowest BCUT2D eigenvalue weighted by molar-refractivity contribution is -0.870. The largest absolute Gasteiger partial charge is 0.397 e. The van der Waals surface area contributed by atoms with Crippen LogP contribution in [-0.4, -0.2) is 56.2 Å². The van der Waals surface area contributed by atoms with E-state index in [1.54, 1.807) is 24.3 Å². The molecule has 0 saturated carbocycles. The Morgan fingerprint density at radius 1 is 1.04 bits per heavy atom. The molecule has 0 atom stereocenters. The molecule has 146 valence electrons. The molecule has 7 heteroatoms. The van der Waals surface area contributed by atoms with Gasteiger partial charge in [-0.2, -0.15) is 0 Å². The molecule has 0 heterocycles. The van der Waals surface area contributed by atoms with E-state index in [0.29, 0.717) is 17.8 Å². The average molecular weight is 381 g/mol. The number of hydrogen-bond acceptors (Lipinski definition) is 5. The molecule has 0 saturated heterocycles. The number of anilines is 2. The molecule has 0 radical (unpaired) electrons. The van der Waals surface area contributed by atoms with E-state index >= 15 is 0 Å². The molecule has 1 amide bonds. The van der Waals surface area contributed by atoms with Gasteiger partial charge in [0.05, 0.1) is 50.1 Å². The van der Waals surface area contributed by atoms with E-state index in [1.807, 2.05) is 0 Å². The molecular weight excluding hydrogens is 356 g/mol. The highest BCUT2D eigenvalue weighted by molar-refractivity contribution is 6.32. The van der Waals surface area contributed by atoms with Gasteiger partial charge in [-0.25, -0.2) is 0 Å². The van der Waals surface area contributed by atoms with Gasteiger partial charge in [-0.05, 0) is 6.07 Å². The first-order valence-corrected chi connectivity index (χ1v) is 9.11. The monoisotopic (exact) mass is 381 g/mol. The predicted molar refractivity (Wildman–Crippen MR) is 109 cm³/mol. The van der Waals surface area contributed by atoms with Crippen LogP contribution in [0.5, 0.6) is 0 Å². The minimum Gasteiger partial charge on any atom is -0.397 e. The minimum absolute atomic E-state index is 0.0355. The number of fused-ring (bicyclic) bond motifs is 2. The lowest BCUT2D eigenvalue weighted by Gasteiger charge is -2.25. The molecule has 0 unspecified atom stereocenters. The van der Waals surface area contributed by atoms with Crippen molar-refractivity contribution in [2.75, 3.05) is 45.3 Å². The number of nitrogen functional groups attached to an aromatic ring is 1. The van der Waals surface area contributed by atoms with Gasteiger partial charge < -0.3 is 21.3 Å². The standard InChI is InChI=1S/C21H24N4O3/c1-25(2,3)10-6-9-24-15-11-14(21(23)28)18(22)17-16(15)19(26)12-7-4-5-8-13(12)20(17)27/h4-5,7-8,11H,6,9-10H2,1-3H3,(H4-,22,23,24,26,27,28)/p+1. The van der Waals surface area contributed by atoms with Gasteiger partial charge in [0.2, 0.25) is 0 Å². The van der Waals surface area contributed by atoms with Crippen molar-refractivity contribution in [3.8, 4) is 0 Å². The first-order chi connectivity index (χ1) is 13.1. The number of amides is 1. The summed E-state index contributed by atoms with van der Waals surface area (Å²) in [5, 5.41) is 3.20. The Morgan fingerprint density at radius 2 is 1.61 bits per heavy atom. The molecule has 5 N–H and O–H groups in total. The highest BCUT2D eigenvalue weighted by atomic mass is 16.1. The number of primary amides is 1. The van der Waals surface area contributed by atoms with Crippen LogP contribution < -0.4 is 16.8 Å². The molecule has 28 heavy (non-hydrogen) atoms. The second kappa shape index (κ2) is 7.09. The molecule has 1 aliphatic rings. The van der Waals surface area contributed by atoms with Crippen LogP contribution in [0.25, 0.3) is 0 Å². The fourth-order valence-electron chi connectivity index (χ4n) is 3.44. The van der Waals surface area contributed by atoms with Crippen LogP contribution in [0.4, 0.5) is 11.4 Å². The van der Waals surface area contributed by atoms with Gasteiger partial charge in [0.15, 0.2) is 11.6 Å². The molecule has 0 aliphatic heterocycles. The second-order valence-electron chi connectivity index (χ2n) is 8.00. The molecular formula is C21H25N4O3+. The molecule has 0 fully saturated rings. The number of carbonyl (C=O) groups is 3. The van der Waals surface area contributed by atoms with E-state index in [0.717, 1.165) is 17.4 Å². The zero-order valence-corrected chi connectivity index (χ0v) is 16.3. The van der Waals surface area contributed by atoms with Gasteiger partial charge >= 0.3 is 0 Å². The topological polar surface area (TPSA) is 115 Å². The van der Waals surface area contributed by atoms with Crippen molar-refractivity contribution in [1.82, 2.24) is 0 Å². The number of nitrogens with two attached hydrogens (primary N) is 2. The van der Waals surface area contributed by atoms with E-state index in [-0.39, 0.29) is 39.5 Å². The van der Waals surface area contributed by atoms with Crippen LogP contribution in [0.1, 0.15) is 48.6 Å².